The number of halogens is 2. The van der Waals surface area contributed by atoms with Gasteiger partial charge in [0.15, 0.2) is 11.6 Å². The van der Waals surface area contributed by atoms with Gasteiger partial charge in [0.05, 0.1) is 7.11 Å². The third-order valence-electron chi connectivity index (χ3n) is 5.77. The molecule has 1 N–H and O–H groups in total. The van der Waals surface area contributed by atoms with Crippen LogP contribution in [0, 0.1) is 11.6 Å². The Labute approximate surface area is 195 Å². The number of hydrogen-bond donors (Lipinski definition) is 1. The number of amides is 1. The molecule has 1 aliphatic rings. The van der Waals surface area contributed by atoms with Crippen LogP contribution in [0.1, 0.15) is 24.0 Å². The van der Waals surface area contributed by atoms with Crippen LogP contribution in [0.5, 0.6) is 11.5 Å². The number of benzene rings is 3. The van der Waals surface area contributed by atoms with Gasteiger partial charge in [-0.3, -0.25) is 4.79 Å². The summed E-state index contributed by atoms with van der Waals surface area (Å²) >= 11 is 0. The highest BCUT2D eigenvalue weighted by Gasteiger charge is 2.35. The smallest absolute Gasteiger partial charge is 0.326 e. The van der Waals surface area contributed by atoms with Gasteiger partial charge in [0, 0.05) is 24.6 Å². The summed E-state index contributed by atoms with van der Waals surface area (Å²) in [5, 5.41) is 9.34. The van der Waals surface area contributed by atoms with Gasteiger partial charge in [0.25, 0.3) is 0 Å². The van der Waals surface area contributed by atoms with E-state index >= 15 is 0 Å². The van der Waals surface area contributed by atoms with Crippen molar-refractivity contribution in [3.63, 3.8) is 0 Å². The van der Waals surface area contributed by atoms with Crippen LogP contribution in [0.4, 0.5) is 8.78 Å². The van der Waals surface area contributed by atoms with E-state index in [9.17, 15) is 23.5 Å². The molecule has 3 aromatic carbocycles. The molecule has 176 valence electrons. The number of nitrogens with zero attached hydrogens (tertiary/aromatic N) is 1. The highest BCUT2D eigenvalue weighted by atomic mass is 19.2. The van der Waals surface area contributed by atoms with Crippen molar-refractivity contribution in [1.29, 1.82) is 0 Å². The standard InChI is InChI=1S/C26H23F2NO5/c1-33-24-13-22(28)21(27)12-20(24)18-5-7-19(8-6-18)34-15-17-4-2-3-16(11-17)14-29-23(26(31)32)9-10-25(29)30/h2-8,11-13,23H,9-10,14-15H2,1H3,(H,31,32). The molecule has 1 aliphatic heterocycles. The van der Waals surface area contributed by atoms with E-state index in [1.54, 1.807) is 24.3 Å². The molecule has 3 aromatic rings. The van der Waals surface area contributed by atoms with Crippen LogP contribution in [0.2, 0.25) is 0 Å². The second kappa shape index (κ2) is 9.91. The molecule has 0 aliphatic carbocycles. The van der Waals surface area contributed by atoms with Crippen molar-refractivity contribution in [2.75, 3.05) is 7.11 Å². The molecule has 6 nitrogen and oxygen atoms in total. The van der Waals surface area contributed by atoms with Gasteiger partial charge in [-0.25, -0.2) is 13.6 Å². The average molecular weight is 467 g/mol. The highest BCUT2D eigenvalue weighted by molar-refractivity contribution is 5.87. The zero-order valence-electron chi connectivity index (χ0n) is 18.5. The minimum atomic E-state index is -0.991. The van der Waals surface area contributed by atoms with Crippen molar-refractivity contribution in [3.05, 3.63) is 83.4 Å². The van der Waals surface area contributed by atoms with E-state index < -0.39 is 23.6 Å². The Kier molecular flexibility index (Phi) is 6.77. The van der Waals surface area contributed by atoms with Gasteiger partial charge < -0.3 is 19.5 Å². The van der Waals surface area contributed by atoms with Crippen molar-refractivity contribution in [3.8, 4) is 22.6 Å². The molecular weight excluding hydrogens is 444 g/mol. The predicted molar refractivity (Wildman–Crippen MR) is 120 cm³/mol. The summed E-state index contributed by atoms with van der Waals surface area (Å²) in [7, 11) is 1.39. The van der Waals surface area contributed by atoms with Gasteiger partial charge in [-0.2, -0.15) is 0 Å². The zero-order chi connectivity index (χ0) is 24.2. The molecule has 34 heavy (non-hydrogen) atoms. The van der Waals surface area contributed by atoms with Crippen LogP contribution in [0.15, 0.2) is 60.7 Å². The van der Waals surface area contributed by atoms with Gasteiger partial charge >= 0.3 is 5.97 Å². The lowest BCUT2D eigenvalue weighted by Crippen LogP contribution is -2.37. The number of ether oxygens (including phenoxy) is 2. The SMILES string of the molecule is COc1cc(F)c(F)cc1-c1ccc(OCc2cccc(CN3C(=O)CCC3C(=O)O)c2)cc1. The normalized spacial score (nSPS) is 15.4. The Morgan fingerprint density at radius 3 is 2.47 bits per heavy atom. The molecule has 1 atom stereocenters. The first-order chi connectivity index (χ1) is 16.4. The van der Waals surface area contributed by atoms with E-state index in [2.05, 4.69) is 0 Å². The average Bonchev–Trinajstić information content (AvgIpc) is 3.20. The molecule has 1 amide bonds. The van der Waals surface area contributed by atoms with Gasteiger partial charge in [0.2, 0.25) is 5.91 Å². The van der Waals surface area contributed by atoms with E-state index in [0.29, 0.717) is 23.3 Å². The van der Waals surface area contributed by atoms with Gasteiger partial charge in [-0.1, -0.05) is 36.4 Å². The first-order valence-electron chi connectivity index (χ1n) is 10.7. The molecule has 0 spiro atoms. The van der Waals surface area contributed by atoms with E-state index in [4.69, 9.17) is 9.47 Å². The van der Waals surface area contributed by atoms with E-state index in [-0.39, 0.29) is 31.2 Å². The fourth-order valence-electron chi connectivity index (χ4n) is 4.02. The molecule has 1 saturated heterocycles. The van der Waals surface area contributed by atoms with Gasteiger partial charge in [-0.15, -0.1) is 0 Å². The third-order valence-corrected chi connectivity index (χ3v) is 5.77. The highest BCUT2D eigenvalue weighted by Crippen LogP contribution is 2.33. The number of rotatable bonds is 8. The molecule has 0 aromatic heterocycles. The molecule has 0 radical (unpaired) electrons. The Balaban J connectivity index is 1.42. The maximum absolute atomic E-state index is 13.7. The first kappa shape index (κ1) is 23.2. The molecule has 1 heterocycles. The summed E-state index contributed by atoms with van der Waals surface area (Å²) in [5.74, 6) is -2.28. The molecular formula is C26H23F2NO5. The van der Waals surface area contributed by atoms with Crippen LogP contribution in [-0.4, -0.2) is 35.0 Å². The summed E-state index contributed by atoms with van der Waals surface area (Å²) in [4.78, 5) is 24.9. The summed E-state index contributed by atoms with van der Waals surface area (Å²) in [6.45, 7) is 0.492. The predicted octanol–water partition coefficient (Wildman–Crippen LogP) is 4.80. The Morgan fingerprint density at radius 1 is 1.06 bits per heavy atom. The monoisotopic (exact) mass is 467 g/mol. The number of hydrogen-bond acceptors (Lipinski definition) is 4. The number of likely N-dealkylation sites (tertiary alicyclic amines) is 1. The minimum absolute atomic E-state index is 0.160. The van der Waals surface area contributed by atoms with Gasteiger partial charge in [0.1, 0.15) is 24.1 Å². The number of carboxylic acid groups (broad SMARTS) is 1. The molecule has 1 fully saturated rings. The molecule has 1 unspecified atom stereocenters. The van der Waals surface area contributed by atoms with E-state index in [1.807, 2.05) is 24.3 Å². The largest absolute Gasteiger partial charge is 0.496 e. The lowest BCUT2D eigenvalue weighted by molar-refractivity contribution is -0.146. The summed E-state index contributed by atoms with van der Waals surface area (Å²) in [5.41, 5.74) is 2.76. The fourth-order valence-corrected chi connectivity index (χ4v) is 4.02. The minimum Gasteiger partial charge on any atom is -0.496 e. The van der Waals surface area contributed by atoms with Crippen LogP contribution in [0.3, 0.4) is 0 Å². The number of aliphatic carboxylic acids is 1. The molecule has 0 bridgehead atoms. The second-order valence-corrected chi connectivity index (χ2v) is 8.01. The third kappa shape index (κ3) is 5.01. The van der Waals surface area contributed by atoms with Crippen LogP contribution in [0.25, 0.3) is 11.1 Å². The Bertz CT molecular complexity index is 1210. The van der Waals surface area contributed by atoms with E-state index in [0.717, 1.165) is 23.3 Å². The Hall–Kier alpha value is -3.94. The topological polar surface area (TPSA) is 76.1 Å². The number of methoxy groups -OCH3 is 1. The summed E-state index contributed by atoms with van der Waals surface area (Å²) in [6.07, 6.45) is 0.565. The molecule has 4 rings (SSSR count). The maximum Gasteiger partial charge on any atom is 0.326 e. The lowest BCUT2D eigenvalue weighted by Gasteiger charge is -2.22. The zero-order valence-corrected chi connectivity index (χ0v) is 18.5. The van der Waals surface area contributed by atoms with Crippen LogP contribution >= 0.6 is 0 Å². The van der Waals surface area contributed by atoms with Crippen molar-refractivity contribution in [1.82, 2.24) is 4.90 Å². The number of carboxylic acids is 1. The van der Waals surface area contributed by atoms with Crippen molar-refractivity contribution < 1.29 is 33.0 Å². The number of carbonyl (C=O) groups is 2. The second-order valence-electron chi connectivity index (χ2n) is 8.01. The van der Waals surface area contributed by atoms with Crippen molar-refractivity contribution in [2.24, 2.45) is 0 Å². The quantitative estimate of drug-likeness (QED) is 0.515. The van der Waals surface area contributed by atoms with Gasteiger partial charge in [-0.05, 0) is 41.3 Å². The first-order valence-corrected chi connectivity index (χ1v) is 10.7. The van der Waals surface area contributed by atoms with Crippen LogP contribution in [-0.2, 0) is 22.7 Å². The Morgan fingerprint density at radius 2 is 1.76 bits per heavy atom. The van der Waals surface area contributed by atoms with Crippen molar-refractivity contribution in [2.45, 2.75) is 32.0 Å². The van der Waals surface area contributed by atoms with Crippen LogP contribution < -0.4 is 9.47 Å². The molecule has 8 heteroatoms. The summed E-state index contributed by atoms with van der Waals surface area (Å²) < 4.78 is 38.2. The van der Waals surface area contributed by atoms with E-state index in [1.165, 1.54) is 12.0 Å². The number of carbonyl (C=O) groups excluding carboxylic acids is 1. The summed E-state index contributed by atoms with van der Waals surface area (Å²) in [6, 6.07) is 15.7. The lowest BCUT2D eigenvalue weighted by atomic mass is 10.0. The maximum atomic E-state index is 13.7. The molecule has 0 saturated carbocycles. The van der Waals surface area contributed by atoms with Crippen molar-refractivity contribution >= 4 is 11.9 Å². The fraction of sp³-hybridized carbons (Fsp3) is 0.231.